The highest BCUT2D eigenvalue weighted by Crippen LogP contribution is 2.16. The molecule has 1 aliphatic heterocycles. The Morgan fingerprint density at radius 2 is 2.27 bits per heavy atom. The summed E-state index contributed by atoms with van der Waals surface area (Å²) in [6, 6.07) is -0.168. The fourth-order valence-corrected chi connectivity index (χ4v) is 1.62. The van der Waals surface area contributed by atoms with Gasteiger partial charge in [0.1, 0.15) is 0 Å². The fraction of sp³-hybridized carbons (Fsp3) is 0.455. The number of carboxylic acid groups (broad SMARTS) is 1. The number of carbonyl (C=O) groups excluding carboxylic acids is 1. The SMILES string of the molecule is C=CC1CCCC(C=CC(=O)O)NC1=O. The summed E-state index contributed by atoms with van der Waals surface area (Å²) in [6.45, 7) is 3.60. The molecular formula is C11H15NO3. The van der Waals surface area contributed by atoms with E-state index in [9.17, 15) is 9.59 Å². The summed E-state index contributed by atoms with van der Waals surface area (Å²) in [6.07, 6.45) is 6.68. The van der Waals surface area contributed by atoms with Gasteiger partial charge in [0, 0.05) is 12.1 Å². The van der Waals surface area contributed by atoms with Crippen molar-refractivity contribution < 1.29 is 14.7 Å². The zero-order valence-corrected chi connectivity index (χ0v) is 8.48. The minimum Gasteiger partial charge on any atom is -0.478 e. The first-order valence-corrected chi connectivity index (χ1v) is 4.97. The number of hydrogen-bond acceptors (Lipinski definition) is 2. The largest absolute Gasteiger partial charge is 0.478 e. The lowest BCUT2D eigenvalue weighted by Gasteiger charge is -2.11. The van der Waals surface area contributed by atoms with E-state index in [1.54, 1.807) is 6.08 Å². The number of amides is 1. The monoisotopic (exact) mass is 209 g/mol. The Hall–Kier alpha value is -1.58. The maximum Gasteiger partial charge on any atom is 0.328 e. The zero-order chi connectivity index (χ0) is 11.3. The zero-order valence-electron chi connectivity index (χ0n) is 8.48. The van der Waals surface area contributed by atoms with Crippen LogP contribution in [0.3, 0.4) is 0 Å². The molecule has 4 nitrogen and oxygen atoms in total. The molecule has 1 aliphatic rings. The van der Waals surface area contributed by atoms with Crippen molar-refractivity contribution in [3.8, 4) is 0 Å². The van der Waals surface area contributed by atoms with E-state index in [-0.39, 0.29) is 17.9 Å². The molecule has 2 N–H and O–H groups in total. The van der Waals surface area contributed by atoms with Gasteiger partial charge < -0.3 is 10.4 Å². The van der Waals surface area contributed by atoms with Crippen LogP contribution in [0.5, 0.6) is 0 Å². The molecule has 2 atom stereocenters. The average molecular weight is 209 g/mol. The van der Waals surface area contributed by atoms with Gasteiger partial charge in [-0.15, -0.1) is 6.58 Å². The standard InChI is InChI=1S/C11H15NO3/c1-2-8-4-3-5-9(12-11(8)15)6-7-10(13)14/h2,6-9H,1,3-5H2,(H,12,15)(H,13,14). The first-order chi connectivity index (χ1) is 7.13. The third-order valence-electron chi connectivity index (χ3n) is 2.45. The lowest BCUT2D eigenvalue weighted by molar-refractivity contribution is -0.131. The lowest BCUT2D eigenvalue weighted by Crippen LogP contribution is -2.34. The molecule has 2 unspecified atom stereocenters. The summed E-state index contributed by atoms with van der Waals surface area (Å²) in [5.41, 5.74) is 0. The van der Waals surface area contributed by atoms with E-state index < -0.39 is 5.97 Å². The van der Waals surface area contributed by atoms with Crippen LogP contribution >= 0.6 is 0 Å². The molecule has 0 radical (unpaired) electrons. The minimum atomic E-state index is -0.992. The van der Waals surface area contributed by atoms with Crippen LogP contribution in [0.2, 0.25) is 0 Å². The number of carbonyl (C=O) groups is 2. The number of rotatable bonds is 3. The Bertz CT molecular complexity index is 296. The Labute approximate surface area is 88.7 Å². The first kappa shape index (κ1) is 11.5. The fourth-order valence-electron chi connectivity index (χ4n) is 1.62. The predicted molar refractivity (Wildman–Crippen MR) is 56.2 cm³/mol. The van der Waals surface area contributed by atoms with Crippen molar-refractivity contribution in [1.82, 2.24) is 5.32 Å². The summed E-state index contributed by atoms with van der Waals surface area (Å²) in [5.74, 6) is -1.20. The molecule has 0 aromatic rings. The van der Waals surface area contributed by atoms with Gasteiger partial charge in [0.2, 0.25) is 5.91 Å². The molecule has 1 fully saturated rings. The van der Waals surface area contributed by atoms with E-state index in [1.807, 2.05) is 0 Å². The van der Waals surface area contributed by atoms with Gasteiger partial charge in [-0.3, -0.25) is 4.79 Å². The second kappa shape index (κ2) is 5.34. The molecule has 1 saturated heterocycles. The van der Waals surface area contributed by atoms with Crippen LogP contribution in [-0.4, -0.2) is 23.0 Å². The summed E-state index contributed by atoms with van der Waals surface area (Å²) in [7, 11) is 0. The quantitative estimate of drug-likeness (QED) is 0.540. The van der Waals surface area contributed by atoms with Gasteiger partial charge in [-0.25, -0.2) is 4.79 Å². The summed E-state index contributed by atoms with van der Waals surface area (Å²) < 4.78 is 0. The van der Waals surface area contributed by atoms with Gasteiger partial charge in [0.25, 0.3) is 0 Å². The van der Waals surface area contributed by atoms with Gasteiger partial charge in [0.05, 0.1) is 5.92 Å². The Balaban J connectivity index is 2.59. The van der Waals surface area contributed by atoms with Crippen LogP contribution in [0.15, 0.2) is 24.8 Å². The summed E-state index contributed by atoms with van der Waals surface area (Å²) in [5, 5.41) is 11.2. The van der Waals surface area contributed by atoms with Crippen molar-refractivity contribution in [2.75, 3.05) is 0 Å². The van der Waals surface area contributed by atoms with Crippen LogP contribution in [0.25, 0.3) is 0 Å². The van der Waals surface area contributed by atoms with Crippen molar-refractivity contribution >= 4 is 11.9 Å². The number of nitrogens with one attached hydrogen (secondary N) is 1. The van der Waals surface area contributed by atoms with Crippen LogP contribution in [0.4, 0.5) is 0 Å². The molecular weight excluding hydrogens is 194 g/mol. The van der Waals surface area contributed by atoms with E-state index in [4.69, 9.17) is 5.11 Å². The van der Waals surface area contributed by atoms with Gasteiger partial charge in [0.15, 0.2) is 0 Å². The van der Waals surface area contributed by atoms with E-state index in [0.29, 0.717) is 0 Å². The van der Waals surface area contributed by atoms with E-state index in [2.05, 4.69) is 11.9 Å². The molecule has 0 saturated carbocycles. The van der Waals surface area contributed by atoms with Crippen molar-refractivity contribution in [2.24, 2.45) is 5.92 Å². The predicted octanol–water partition coefficient (Wildman–Crippen LogP) is 1.10. The smallest absolute Gasteiger partial charge is 0.328 e. The topological polar surface area (TPSA) is 66.4 Å². The molecule has 0 spiro atoms. The van der Waals surface area contributed by atoms with Gasteiger partial charge >= 0.3 is 5.97 Å². The highest BCUT2D eigenvalue weighted by molar-refractivity contribution is 5.82. The van der Waals surface area contributed by atoms with Crippen LogP contribution in [-0.2, 0) is 9.59 Å². The van der Waals surface area contributed by atoms with Gasteiger partial charge in [-0.2, -0.15) is 0 Å². The van der Waals surface area contributed by atoms with Gasteiger partial charge in [-0.05, 0) is 19.3 Å². The molecule has 82 valence electrons. The molecule has 15 heavy (non-hydrogen) atoms. The first-order valence-electron chi connectivity index (χ1n) is 4.97. The maximum absolute atomic E-state index is 11.5. The lowest BCUT2D eigenvalue weighted by atomic mass is 10.0. The molecule has 0 aromatic heterocycles. The number of carboxylic acids is 1. The molecule has 0 bridgehead atoms. The third-order valence-corrected chi connectivity index (χ3v) is 2.45. The maximum atomic E-state index is 11.5. The molecule has 1 rings (SSSR count). The van der Waals surface area contributed by atoms with Crippen LogP contribution in [0.1, 0.15) is 19.3 Å². The highest BCUT2D eigenvalue weighted by atomic mass is 16.4. The molecule has 0 aromatic carbocycles. The normalized spacial score (nSPS) is 27.1. The molecule has 4 heteroatoms. The third kappa shape index (κ3) is 3.58. The van der Waals surface area contributed by atoms with Crippen LogP contribution in [0, 0.1) is 5.92 Å². The van der Waals surface area contributed by atoms with Crippen molar-refractivity contribution in [2.45, 2.75) is 25.3 Å². The van der Waals surface area contributed by atoms with Crippen molar-refractivity contribution in [3.63, 3.8) is 0 Å². The van der Waals surface area contributed by atoms with Crippen molar-refractivity contribution in [1.29, 1.82) is 0 Å². The van der Waals surface area contributed by atoms with Crippen LogP contribution < -0.4 is 5.32 Å². The summed E-state index contributed by atoms with van der Waals surface area (Å²) >= 11 is 0. The molecule has 0 aliphatic carbocycles. The second-order valence-electron chi connectivity index (χ2n) is 3.59. The molecule has 1 amide bonds. The number of hydrogen-bond donors (Lipinski definition) is 2. The highest BCUT2D eigenvalue weighted by Gasteiger charge is 2.21. The Morgan fingerprint density at radius 3 is 2.87 bits per heavy atom. The average Bonchev–Trinajstić information content (AvgIpc) is 2.36. The second-order valence-corrected chi connectivity index (χ2v) is 3.59. The Kier molecular flexibility index (Phi) is 4.09. The number of aliphatic carboxylic acids is 1. The van der Waals surface area contributed by atoms with E-state index in [1.165, 1.54) is 6.08 Å². The Morgan fingerprint density at radius 1 is 1.53 bits per heavy atom. The van der Waals surface area contributed by atoms with Crippen molar-refractivity contribution in [3.05, 3.63) is 24.8 Å². The van der Waals surface area contributed by atoms with E-state index in [0.717, 1.165) is 25.3 Å². The molecule has 1 heterocycles. The van der Waals surface area contributed by atoms with Gasteiger partial charge in [-0.1, -0.05) is 12.2 Å². The van der Waals surface area contributed by atoms with E-state index >= 15 is 0 Å². The minimum absolute atomic E-state index is 0.0671. The summed E-state index contributed by atoms with van der Waals surface area (Å²) in [4.78, 5) is 21.9.